The molecule has 0 saturated carbocycles. The third-order valence-electron chi connectivity index (χ3n) is 0.882. The molecule has 1 fully saturated rings. The van der Waals surface area contributed by atoms with Crippen LogP contribution < -0.4 is 5.32 Å². The minimum atomic E-state index is -0.381. The molecule has 1 aliphatic rings. The maximum atomic E-state index is 10.4. The van der Waals surface area contributed by atoms with Gasteiger partial charge in [0, 0.05) is 0 Å². The third kappa shape index (κ3) is 1.81. The molecule has 1 heterocycles. The van der Waals surface area contributed by atoms with E-state index >= 15 is 0 Å². The molecule has 4 nitrogen and oxygen atoms in total. The summed E-state index contributed by atoms with van der Waals surface area (Å²) in [6, 6.07) is 0. The molecule has 0 aliphatic carbocycles. The van der Waals surface area contributed by atoms with E-state index in [1.165, 1.54) is 6.42 Å². The Hall–Kier alpha value is -0.900. The fourth-order valence-corrected chi connectivity index (χ4v) is 0.511. The molecule has 0 aromatic rings. The lowest BCUT2D eigenvalue weighted by molar-refractivity contribution is -0.129. The molecule has 0 bridgehead atoms. The maximum absolute atomic E-state index is 10.4. The Morgan fingerprint density at radius 1 is 1.56 bits per heavy atom. The van der Waals surface area contributed by atoms with Crippen molar-refractivity contribution in [1.82, 2.24) is 5.32 Å². The minimum Gasteiger partial charge on any atom is -0.371 e. The van der Waals surface area contributed by atoms with E-state index in [9.17, 15) is 9.59 Å². The molecule has 1 aliphatic heterocycles. The average molecular weight is 128 g/mol. The largest absolute Gasteiger partial charge is 0.371 e. The van der Waals surface area contributed by atoms with Crippen molar-refractivity contribution < 1.29 is 14.3 Å². The molecule has 9 heavy (non-hydrogen) atoms. The SMILES string of the molecule is O=C1[CH]COCC(=O)N1. The van der Waals surface area contributed by atoms with Crippen LogP contribution in [0.3, 0.4) is 0 Å². The first-order valence-corrected chi connectivity index (χ1v) is 2.54. The second-order valence-corrected chi connectivity index (χ2v) is 1.63. The number of rotatable bonds is 0. The van der Waals surface area contributed by atoms with Gasteiger partial charge in [-0.25, -0.2) is 0 Å². The topological polar surface area (TPSA) is 55.4 Å². The minimum absolute atomic E-state index is 0.0256. The van der Waals surface area contributed by atoms with Crippen molar-refractivity contribution in [2.45, 2.75) is 0 Å². The lowest BCUT2D eigenvalue weighted by atomic mass is 10.4. The Kier molecular flexibility index (Phi) is 1.79. The summed E-state index contributed by atoms with van der Waals surface area (Å²) < 4.78 is 4.69. The van der Waals surface area contributed by atoms with Crippen LogP contribution in [-0.4, -0.2) is 25.0 Å². The molecule has 0 spiro atoms. The number of carbonyl (C=O) groups excluding carboxylic acids is 2. The predicted molar refractivity (Wildman–Crippen MR) is 28.3 cm³/mol. The smallest absolute Gasteiger partial charge is 0.252 e. The van der Waals surface area contributed by atoms with Gasteiger partial charge in [-0.2, -0.15) is 0 Å². The molecule has 0 aromatic heterocycles. The molecule has 0 aromatic carbocycles. The van der Waals surface area contributed by atoms with Crippen molar-refractivity contribution in [2.24, 2.45) is 0 Å². The van der Waals surface area contributed by atoms with Gasteiger partial charge in [-0.05, 0) is 0 Å². The molecule has 1 radical (unpaired) electrons. The van der Waals surface area contributed by atoms with Gasteiger partial charge in [0.2, 0.25) is 5.91 Å². The van der Waals surface area contributed by atoms with E-state index in [-0.39, 0.29) is 25.0 Å². The highest BCUT2D eigenvalue weighted by molar-refractivity contribution is 6.00. The van der Waals surface area contributed by atoms with Gasteiger partial charge in [-0.15, -0.1) is 0 Å². The van der Waals surface area contributed by atoms with E-state index in [1.54, 1.807) is 0 Å². The summed E-state index contributed by atoms with van der Waals surface area (Å²) in [5.74, 6) is -0.758. The molecule has 2 amide bonds. The molecule has 49 valence electrons. The Morgan fingerprint density at radius 3 is 3.11 bits per heavy atom. The van der Waals surface area contributed by atoms with E-state index in [4.69, 9.17) is 0 Å². The van der Waals surface area contributed by atoms with Crippen LogP contribution in [0.15, 0.2) is 0 Å². The summed E-state index contributed by atoms with van der Waals surface area (Å²) in [6.07, 6.45) is 1.28. The van der Waals surface area contributed by atoms with Crippen molar-refractivity contribution in [2.75, 3.05) is 13.2 Å². The second kappa shape index (κ2) is 2.59. The summed E-state index contributed by atoms with van der Waals surface area (Å²) in [7, 11) is 0. The Labute approximate surface area is 52.2 Å². The van der Waals surface area contributed by atoms with Crippen molar-refractivity contribution in [1.29, 1.82) is 0 Å². The van der Waals surface area contributed by atoms with Gasteiger partial charge in [0.15, 0.2) is 0 Å². The highest BCUT2D eigenvalue weighted by Gasteiger charge is 2.12. The van der Waals surface area contributed by atoms with Crippen molar-refractivity contribution in [3.05, 3.63) is 6.42 Å². The molecule has 0 unspecified atom stereocenters. The normalized spacial score (nSPS) is 20.9. The van der Waals surface area contributed by atoms with Crippen molar-refractivity contribution >= 4 is 11.8 Å². The zero-order valence-corrected chi connectivity index (χ0v) is 4.72. The van der Waals surface area contributed by atoms with Crippen LogP contribution in [0.5, 0.6) is 0 Å². The van der Waals surface area contributed by atoms with Crippen LogP contribution in [0.25, 0.3) is 0 Å². The summed E-state index contributed by atoms with van der Waals surface area (Å²) in [5.41, 5.74) is 0. The molecular formula is C5H6NO3. The van der Waals surface area contributed by atoms with Crippen LogP contribution in [-0.2, 0) is 14.3 Å². The highest BCUT2D eigenvalue weighted by Crippen LogP contribution is 1.86. The fraction of sp³-hybridized carbons (Fsp3) is 0.400. The lowest BCUT2D eigenvalue weighted by Gasteiger charge is -1.92. The Morgan fingerprint density at radius 2 is 2.33 bits per heavy atom. The summed E-state index contributed by atoms with van der Waals surface area (Å²) >= 11 is 0. The monoisotopic (exact) mass is 128 g/mol. The maximum Gasteiger partial charge on any atom is 0.252 e. The lowest BCUT2D eigenvalue weighted by Crippen LogP contribution is -2.30. The van der Waals surface area contributed by atoms with Gasteiger partial charge in [0.1, 0.15) is 6.61 Å². The first-order chi connectivity index (χ1) is 4.29. The molecule has 0 atom stereocenters. The van der Waals surface area contributed by atoms with Crippen LogP contribution in [0.4, 0.5) is 0 Å². The summed E-state index contributed by atoms with van der Waals surface area (Å²) in [5, 5.41) is 2.08. The van der Waals surface area contributed by atoms with E-state index in [1.807, 2.05) is 0 Å². The summed E-state index contributed by atoms with van der Waals surface area (Å²) in [6.45, 7) is 0.194. The first-order valence-electron chi connectivity index (χ1n) is 2.54. The van der Waals surface area contributed by atoms with Crippen molar-refractivity contribution in [3.8, 4) is 0 Å². The van der Waals surface area contributed by atoms with Crippen LogP contribution in [0.1, 0.15) is 0 Å². The molecule has 4 heteroatoms. The van der Waals surface area contributed by atoms with Gasteiger partial charge in [-0.3, -0.25) is 14.9 Å². The molecule has 1 saturated heterocycles. The zero-order chi connectivity index (χ0) is 6.69. The Balaban J connectivity index is 2.47. The van der Waals surface area contributed by atoms with Gasteiger partial charge in [-0.1, -0.05) is 0 Å². The second-order valence-electron chi connectivity index (χ2n) is 1.63. The summed E-state index contributed by atoms with van der Waals surface area (Å²) in [4.78, 5) is 20.8. The van der Waals surface area contributed by atoms with E-state index < -0.39 is 0 Å². The van der Waals surface area contributed by atoms with Crippen LogP contribution in [0, 0.1) is 6.42 Å². The fourth-order valence-electron chi connectivity index (χ4n) is 0.511. The third-order valence-corrected chi connectivity index (χ3v) is 0.882. The van der Waals surface area contributed by atoms with Gasteiger partial charge in [0.25, 0.3) is 5.91 Å². The van der Waals surface area contributed by atoms with Gasteiger partial charge in [0.05, 0.1) is 13.0 Å². The van der Waals surface area contributed by atoms with E-state index in [0.29, 0.717) is 0 Å². The number of amides is 2. The molecule has 1 rings (SSSR count). The van der Waals surface area contributed by atoms with Gasteiger partial charge >= 0.3 is 0 Å². The number of nitrogens with one attached hydrogen (secondary N) is 1. The van der Waals surface area contributed by atoms with Crippen molar-refractivity contribution in [3.63, 3.8) is 0 Å². The number of ether oxygens (including phenoxy) is 1. The number of carbonyl (C=O) groups is 2. The van der Waals surface area contributed by atoms with E-state index in [0.717, 1.165) is 0 Å². The van der Waals surface area contributed by atoms with Crippen LogP contribution in [0.2, 0.25) is 0 Å². The molecule has 1 N–H and O–H groups in total. The zero-order valence-electron chi connectivity index (χ0n) is 4.72. The molecular weight excluding hydrogens is 122 g/mol. The van der Waals surface area contributed by atoms with Gasteiger partial charge < -0.3 is 4.74 Å². The Bertz CT molecular complexity index is 127. The van der Waals surface area contributed by atoms with E-state index in [2.05, 4.69) is 10.1 Å². The highest BCUT2D eigenvalue weighted by atomic mass is 16.5. The first kappa shape index (κ1) is 6.22. The number of imide groups is 1. The standard InChI is InChI=1S/C5H6NO3/c7-4-1-2-9-3-5(8)6-4/h1H,2-3H2,(H,6,7,8). The quantitative estimate of drug-likeness (QED) is 0.420. The number of hydrogen-bond donors (Lipinski definition) is 1. The number of hydrogen-bond acceptors (Lipinski definition) is 3. The average Bonchev–Trinajstić information content (AvgIpc) is 1.93. The van der Waals surface area contributed by atoms with Crippen LogP contribution >= 0.6 is 0 Å². The predicted octanol–water partition coefficient (Wildman–Crippen LogP) is -1.14.